The zero-order valence-electron chi connectivity index (χ0n) is 12.7. The first kappa shape index (κ1) is 20.7. The number of nitro groups is 1. The number of rotatable bonds is 5. The van der Waals surface area contributed by atoms with Gasteiger partial charge >= 0.3 is 0 Å². The monoisotopic (exact) mass is 412 g/mol. The van der Waals surface area contributed by atoms with Gasteiger partial charge in [0.1, 0.15) is 11.9 Å². The van der Waals surface area contributed by atoms with Crippen molar-refractivity contribution >= 4 is 69.4 Å². The van der Waals surface area contributed by atoms with E-state index in [1.165, 1.54) is 18.2 Å². The molecule has 0 aliphatic rings. The second-order valence-corrected chi connectivity index (χ2v) is 7.79. The smallest absolute Gasteiger partial charge is 0.292 e. The van der Waals surface area contributed by atoms with Crippen molar-refractivity contribution < 1.29 is 9.72 Å². The van der Waals surface area contributed by atoms with E-state index in [0.717, 1.165) is 0 Å². The van der Waals surface area contributed by atoms with Gasteiger partial charge in [0, 0.05) is 12.0 Å². The molecule has 0 aliphatic heterocycles. The number of alkyl halides is 3. The Hall–Kier alpha value is -1.35. The topological polar surface area (TPSA) is 96.3 Å². The van der Waals surface area contributed by atoms with E-state index >= 15 is 0 Å². The molecule has 1 aromatic rings. The van der Waals surface area contributed by atoms with Crippen LogP contribution >= 0.6 is 47.0 Å². The summed E-state index contributed by atoms with van der Waals surface area (Å²) in [4.78, 5) is 22.2. The molecular weight excluding hydrogens is 399 g/mol. The maximum atomic E-state index is 11.8. The maximum Gasteiger partial charge on any atom is 0.292 e. The van der Waals surface area contributed by atoms with E-state index in [9.17, 15) is 14.9 Å². The Morgan fingerprint density at radius 2 is 1.83 bits per heavy atom. The van der Waals surface area contributed by atoms with Crippen LogP contribution in [0.4, 0.5) is 11.4 Å². The summed E-state index contributed by atoms with van der Waals surface area (Å²) in [5.41, 5.74) is -0.00319. The molecule has 0 spiro atoms. The minimum absolute atomic E-state index is 0.0512. The number of nitrogens with one attached hydrogen (secondary N) is 3. The van der Waals surface area contributed by atoms with E-state index < -0.39 is 14.9 Å². The van der Waals surface area contributed by atoms with Gasteiger partial charge in [0.05, 0.1) is 4.92 Å². The third-order valence-corrected chi connectivity index (χ3v) is 3.64. The van der Waals surface area contributed by atoms with Crippen LogP contribution in [0.1, 0.15) is 13.8 Å². The number of carbonyl (C=O) groups excluding carboxylic acids is 1. The first-order chi connectivity index (χ1) is 11.0. The molecule has 0 radical (unpaired) electrons. The quantitative estimate of drug-likeness (QED) is 0.225. The normalized spacial score (nSPS) is 12.4. The Kier molecular flexibility index (Phi) is 7.47. The number of carbonyl (C=O) groups is 1. The zero-order valence-corrected chi connectivity index (χ0v) is 15.8. The predicted octanol–water partition coefficient (Wildman–Crippen LogP) is 3.35. The molecular formula is C13H15Cl3N4O3S. The molecule has 0 fully saturated rings. The fraction of sp³-hybridized carbons (Fsp3) is 0.385. The van der Waals surface area contributed by atoms with Crippen molar-refractivity contribution in [3.05, 3.63) is 34.4 Å². The molecule has 1 amide bonds. The van der Waals surface area contributed by atoms with Crippen LogP contribution in [0.3, 0.4) is 0 Å². The number of nitrogens with zero attached hydrogens (tertiary/aromatic N) is 1. The van der Waals surface area contributed by atoms with Gasteiger partial charge in [-0.3, -0.25) is 14.9 Å². The second kappa shape index (κ2) is 8.66. The lowest BCUT2D eigenvalue weighted by Gasteiger charge is -2.28. The number of para-hydroxylation sites is 2. The average Bonchev–Trinajstić information content (AvgIpc) is 2.45. The Morgan fingerprint density at radius 3 is 2.33 bits per heavy atom. The van der Waals surface area contributed by atoms with Crippen molar-refractivity contribution in [1.29, 1.82) is 0 Å². The van der Waals surface area contributed by atoms with E-state index in [4.69, 9.17) is 47.0 Å². The van der Waals surface area contributed by atoms with Gasteiger partial charge in [-0.25, -0.2) is 0 Å². The summed E-state index contributed by atoms with van der Waals surface area (Å²) in [5, 5.41) is 18.7. The van der Waals surface area contributed by atoms with Crippen LogP contribution in [0, 0.1) is 16.0 Å². The number of anilines is 1. The Morgan fingerprint density at radius 1 is 1.25 bits per heavy atom. The van der Waals surface area contributed by atoms with E-state index in [1.54, 1.807) is 19.9 Å². The molecule has 0 aromatic heterocycles. The predicted molar refractivity (Wildman–Crippen MR) is 99.5 cm³/mol. The van der Waals surface area contributed by atoms with Gasteiger partial charge in [-0.2, -0.15) is 0 Å². The Balaban J connectivity index is 2.86. The molecule has 0 heterocycles. The van der Waals surface area contributed by atoms with Gasteiger partial charge in [-0.15, -0.1) is 0 Å². The van der Waals surface area contributed by atoms with Gasteiger partial charge < -0.3 is 16.0 Å². The minimum Gasteiger partial charge on any atom is -0.339 e. The number of amides is 1. The number of benzene rings is 1. The Labute approximate surface area is 159 Å². The molecule has 0 saturated heterocycles. The molecule has 24 heavy (non-hydrogen) atoms. The summed E-state index contributed by atoms with van der Waals surface area (Å²) in [6, 6.07) is 5.92. The van der Waals surface area contributed by atoms with Crippen LogP contribution in [-0.2, 0) is 4.79 Å². The molecule has 0 bridgehead atoms. The zero-order chi connectivity index (χ0) is 18.5. The minimum atomic E-state index is -1.89. The number of nitro benzene ring substituents is 1. The van der Waals surface area contributed by atoms with Gasteiger partial charge in [-0.1, -0.05) is 60.8 Å². The van der Waals surface area contributed by atoms with Gasteiger partial charge in [0.25, 0.3) is 5.69 Å². The fourth-order valence-electron chi connectivity index (χ4n) is 1.54. The number of hydrogen-bond donors (Lipinski definition) is 3. The summed E-state index contributed by atoms with van der Waals surface area (Å²) < 4.78 is -1.89. The van der Waals surface area contributed by atoms with Crippen molar-refractivity contribution in [1.82, 2.24) is 10.6 Å². The molecule has 0 aliphatic carbocycles. The summed E-state index contributed by atoms with van der Waals surface area (Å²) in [5.74, 6) is -0.689. The summed E-state index contributed by atoms with van der Waals surface area (Å²) >= 11 is 22.6. The summed E-state index contributed by atoms with van der Waals surface area (Å²) in [6.45, 7) is 3.35. The molecule has 1 atom stereocenters. The van der Waals surface area contributed by atoms with Crippen LogP contribution in [0.2, 0.25) is 0 Å². The summed E-state index contributed by atoms with van der Waals surface area (Å²) in [7, 11) is 0. The van der Waals surface area contributed by atoms with Gasteiger partial charge in [0.15, 0.2) is 5.11 Å². The number of hydrogen-bond acceptors (Lipinski definition) is 4. The summed E-state index contributed by atoms with van der Waals surface area (Å²) in [6.07, 6.45) is -1.12. The highest BCUT2D eigenvalue weighted by molar-refractivity contribution is 7.80. The van der Waals surface area contributed by atoms with Crippen molar-refractivity contribution in [3.63, 3.8) is 0 Å². The lowest BCUT2D eigenvalue weighted by molar-refractivity contribution is -0.383. The third-order valence-electron chi connectivity index (χ3n) is 2.76. The fourth-order valence-corrected chi connectivity index (χ4v) is 2.09. The molecule has 1 rings (SSSR count). The second-order valence-electron chi connectivity index (χ2n) is 5.01. The van der Waals surface area contributed by atoms with Gasteiger partial charge in [-0.05, 0) is 18.3 Å². The van der Waals surface area contributed by atoms with Crippen molar-refractivity contribution in [3.8, 4) is 0 Å². The van der Waals surface area contributed by atoms with Crippen molar-refractivity contribution in [2.45, 2.75) is 23.8 Å². The lowest BCUT2D eigenvalue weighted by atomic mass is 10.2. The van der Waals surface area contributed by atoms with Crippen LogP contribution in [0.25, 0.3) is 0 Å². The average molecular weight is 414 g/mol. The van der Waals surface area contributed by atoms with Crippen LogP contribution < -0.4 is 16.0 Å². The third kappa shape index (κ3) is 6.27. The Bertz CT molecular complexity index is 637. The van der Waals surface area contributed by atoms with E-state index in [2.05, 4.69) is 16.0 Å². The van der Waals surface area contributed by atoms with E-state index in [0.29, 0.717) is 0 Å². The molecule has 0 unspecified atom stereocenters. The molecule has 7 nitrogen and oxygen atoms in total. The first-order valence-electron chi connectivity index (χ1n) is 6.70. The SMILES string of the molecule is CC(C)C(=O)N[C@H](NC(=S)Nc1ccccc1[N+](=O)[O-])C(Cl)(Cl)Cl. The lowest BCUT2D eigenvalue weighted by Crippen LogP contribution is -2.56. The number of halogens is 3. The van der Waals surface area contributed by atoms with E-state index in [1.807, 2.05) is 0 Å². The molecule has 3 N–H and O–H groups in total. The highest BCUT2D eigenvalue weighted by atomic mass is 35.6. The van der Waals surface area contributed by atoms with Crippen LogP contribution in [0.5, 0.6) is 0 Å². The standard InChI is InChI=1S/C13H15Cl3N4O3S/c1-7(2)10(21)18-11(13(14,15)16)19-12(24)17-8-5-3-4-6-9(8)20(22)23/h3-7,11H,1-2H3,(H,18,21)(H2,17,19,24)/t11-/m1/s1. The highest BCUT2D eigenvalue weighted by Gasteiger charge is 2.35. The van der Waals surface area contributed by atoms with E-state index in [-0.39, 0.29) is 28.3 Å². The van der Waals surface area contributed by atoms with Crippen molar-refractivity contribution in [2.24, 2.45) is 5.92 Å². The molecule has 0 saturated carbocycles. The molecule has 11 heteroatoms. The highest BCUT2D eigenvalue weighted by Crippen LogP contribution is 2.29. The largest absolute Gasteiger partial charge is 0.339 e. The van der Waals surface area contributed by atoms with Crippen molar-refractivity contribution in [2.75, 3.05) is 5.32 Å². The molecule has 1 aromatic carbocycles. The van der Waals surface area contributed by atoms with Crippen LogP contribution in [0.15, 0.2) is 24.3 Å². The van der Waals surface area contributed by atoms with Crippen LogP contribution in [-0.4, -0.2) is 25.9 Å². The number of thiocarbonyl (C=S) groups is 1. The maximum absolute atomic E-state index is 11.8. The molecule has 132 valence electrons. The van der Waals surface area contributed by atoms with Gasteiger partial charge in [0.2, 0.25) is 9.70 Å². The first-order valence-corrected chi connectivity index (χ1v) is 8.24.